The van der Waals surface area contributed by atoms with Crippen molar-refractivity contribution < 1.29 is 14.3 Å². The van der Waals surface area contributed by atoms with Gasteiger partial charge < -0.3 is 19.9 Å². The van der Waals surface area contributed by atoms with Gasteiger partial charge in [-0.3, -0.25) is 4.79 Å². The molecule has 0 unspecified atom stereocenters. The molecule has 0 saturated carbocycles. The molecule has 0 aromatic rings. The third kappa shape index (κ3) is 4.59. The summed E-state index contributed by atoms with van der Waals surface area (Å²) in [5.41, 5.74) is 0. The minimum atomic E-state index is -0.238. The molecule has 0 aliphatic carbocycles. The zero-order chi connectivity index (χ0) is 15.2. The molecule has 2 aliphatic heterocycles. The van der Waals surface area contributed by atoms with Crippen LogP contribution in [-0.2, 0) is 9.53 Å². The SMILES string of the molecule is CCOC(=O)N1CCC(NC(=O)C2CCN(C)CC2)CC1. The molecule has 6 heteroatoms. The summed E-state index contributed by atoms with van der Waals surface area (Å²) in [7, 11) is 2.10. The summed E-state index contributed by atoms with van der Waals surface area (Å²) in [6, 6.07) is 0.197. The second kappa shape index (κ2) is 7.64. The molecule has 1 N–H and O–H groups in total. The third-order valence-electron chi connectivity index (χ3n) is 4.46. The van der Waals surface area contributed by atoms with Crippen molar-refractivity contribution in [2.24, 2.45) is 5.92 Å². The van der Waals surface area contributed by atoms with E-state index in [1.54, 1.807) is 4.90 Å². The van der Waals surface area contributed by atoms with Crippen LogP contribution in [0.2, 0.25) is 0 Å². The van der Waals surface area contributed by atoms with Crippen molar-refractivity contribution in [3.05, 3.63) is 0 Å². The zero-order valence-corrected chi connectivity index (χ0v) is 13.1. The first-order chi connectivity index (χ1) is 10.1. The first kappa shape index (κ1) is 16.1. The highest BCUT2D eigenvalue weighted by atomic mass is 16.6. The van der Waals surface area contributed by atoms with E-state index in [4.69, 9.17) is 4.74 Å². The maximum absolute atomic E-state index is 12.3. The van der Waals surface area contributed by atoms with Gasteiger partial charge in [0, 0.05) is 25.0 Å². The van der Waals surface area contributed by atoms with E-state index in [0.717, 1.165) is 38.8 Å². The molecule has 2 amide bonds. The number of hydrogen-bond donors (Lipinski definition) is 1. The van der Waals surface area contributed by atoms with E-state index in [1.165, 1.54) is 0 Å². The molecule has 120 valence electrons. The number of rotatable bonds is 3. The van der Waals surface area contributed by atoms with Gasteiger partial charge in [0.15, 0.2) is 0 Å². The largest absolute Gasteiger partial charge is 0.450 e. The van der Waals surface area contributed by atoms with E-state index in [2.05, 4.69) is 17.3 Å². The lowest BCUT2D eigenvalue weighted by Crippen LogP contribution is -2.49. The third-order valence-corrected chi connectivity index (χ3v) is 4.46. The predicted molar refractivity (Wildman–Crippen MR) is 80.0 cm³/mol. The summed E-state index contributed by atoms with van der Waals surface area (Å²) in [4.78, 5) is 27.9. The highest BCUT2D eigenvalue weighted by molar-refractivity contribution is 5.79. The van der Waals surface area contributed by atoms with Gasteiger partial charge in [0.25, 0.3) is 0 Å². The Kier molecular flexibility index (Phi) is 5.85. The summed E-state index contributed by atoms with van der Waals surface area (Å²) in [5.74, 6) is 0.349. The number of nitrogens with one attached hydrogen (secondary N) is 1. The molecule has 0 bridgehead atoms. The van der Waals surface area contributed by atoms with Crippen LogP contribution in [0.1, 0.15) is 32.6 Å². The molecule has 0 aromatic carbocycles. The summed E-state index contributed by atoms with van der Waals surface area (Å²) < 4.78 is 5.00. The van der Waals surface area contributed by atoms with Crippen molar-refractivity contribution in [1.29, 1.82) is 0 Å². The second-order valence-electron chi connectivity index (χ2n) is 6.05. The van der Waals surface area contributed by atoms with E-state index in [9.17, 15) is 9.59 Å². The normalized spacial score (nSPS) is 22.1. The van der Waals surface area contributed by atoms with E-state index in [1.807, 2.05) is 6.92 Å². The highest BCUT2D eigenvalue weighted by Crippen LogP contribution is 2.18. The predicted octanol–water partition coefficient (Wildman–Crippen LogP) is 1.07. The Morgan fingerprint density at radius 2 is 1.71 bits per heavy atom. The lowest BCUT2D eigenvalue weighted by Gasteiger charge is -2.33. The van der Waals surface area contributed by atoms with Crippen LogP contribution in [0, 0.1) is 5.92 Å². The van der Waals surface area contributed by atoms with Crippen LogP contribution in [0.15, 0.2) is 0 Å². The van der Waals surface area contributed by atoms with Gasteiger partial charge in [0.05, 0.1) is 6.61 Å². The number of piperidine rings is 2. The van der Waals surface area contributed by atoms with E-state index >= 15 is 0 Å². The van der Waals surface area contributed by atoms with Crippen molar-refractivity contribution in [2.75, 3.05) is 39.8 Å². The number of ether oxygens (including phenoxy) is 1. The molecule has 2 saturated heterocycles. The molecule has 2 aliphatic rings. The van der Waals surface area contributed by atoms with Gasteiger partial charge in [-0.2, -0.15) is 0 Å². The number of carbonyl (C=O) groups excluding carboxylic acids is 2. The van der Waals surface area contributed by atoms with Crippen LogP contribution in [0.5, 0.6) is 0 Å². The number of nitrogens with zero attached hydrogens (tertiary/aromatic N) is 2. The first-order valence-electron chi connectivity index (χ1n) is 8.00. The minimum Gasteiger partial charge on any atom is -0.450 e. The number of amides is 2. The summed E-state index contributed by atoms with van der Waals surface area (Å²) in [5, 5.41) is 3.16. The van der Waals surface area contributed by atoms with Crippen LogP contribution in [0.3, 0.4) is 0 Å². The maximum atomic E-state index is 12.3. The lowest BCUT2D eigenvalue weighted by molar-refractivity contribution is -0.127. The molecule has 2 rings (SSSR count). The zero-order valence-electron chi connectivity index (χ0n) is 13.1. The quantitative estimate of drug-likeness (QED) is 0.846. The van der Waals surface area contributed by atoms with E-state index < -0.39 is 0 Å². The highest BCUT2D eigenvalue weighted by Gasteiger charge is 2.28. The Bertz CT molecular complexity index is 359. The molecular formula is C15H27N3O3. The average molecular weight is 297 g/mol. The van der Waals surface area contributed by atoms with Crippen LogP contribution < -0.4 is 5.32 Å². The van der Waals surface area contributed by atoms with E-state index in [-0.39, 0.29) is 24.0 Å². The molecule has 2 fully saturated rings. The Labute approximate surface area is 126 Å². The van der Waals surface area contributed by atoms with Gasteiger partial charge in [0.1, 0.15) is 0 Å². The Morgan fingerprint density at radius 3 is 2.29 bits per heavy atom. The van der Waals surface area contributed by atoms with Crippen LogP contribution in [-0.4, -0.2) is 67.7 Å². The summed E-state index contributed by atoms with van der Waals surface area (Å²) >= 11 is 0. The molecule has 0 spiro atoms. The van der Waals surface area contributed by atoms with Crippen LogP contribution in [0.4, 0.5) is 4.79 Å². The Morgan fingerprint density at radius 1 is 1.10 bits per heavy atom. The molecule has 2 heterocycles. The average Bonchev–Trinajstić information content (AvgIpc) is 2.49. The van der Waals surface area contributed by atoms with E-state index in [0.29, 0.717) is 19.7 Å². The summed E-state index contributed by atoms with van der Waals surface area (Å²) in [6.07, 6.45) is 3.29. The standard InChI is InChI=1S/C15H27N3O3/c1-3-21-15(20)18-10-6-13(7-11-18)16-14(19)12-4-8-17(2)9-5-12/h12-13H,3-11H2,1-2H3,(H,16,19). The number of likely N-dealkylation sites (tertiary alicyclic amines) is 2. The van der Waals surface area contributed by atoms with Gasteiger partial charge in [-0.25, -0.2) is 4.79 Å². The number of carbonyl (C=O) groups is 2. The molecule has 0 atom stereocenters. The van der Waals surface area contributed by atoms with Crippen molar-refractivity contribution in [3.63, 3.8) is 0 Å². The maximum Gasteiger partial charge on any atom is 0.409 e. The van der Waals surface area contributed by atoms with Gasteiger partial charge in [-0.05, 0) is 52.7 Å². The molecule has 6 nitrogen and oxygen atoms in total. The lowest BCUT2D eigenvalue weighted by atomic mass is 9.95. The second-order valence-corrected chi connectivity index (χ2v) is 6.05. The topological polar surface area (TPSA) is 61.9 Å². The van der Waals surface area contributed by atoms with Gasteiger partial charge in [0.2, 0.25) is 5.91 Å². The molecule has 0 aromatic heterocycles. The van der Waals surface area contributed by atoms with Crippen molar-refractivity contribution in [2.45, 2.75) is 38.6 Å². The first-order valence-corrected chi connectivity index (χ1v) is 8.00. The van der Waals surface area contributed by atoms with Crippen molar-refractivity contribution in [1.82, 2.24) is 15.1 Å². The van der Waals surface area contributed by atoms with Crippen LogP contribution >= 0.6 is 0 Å². The fraction of sp³-hybridized carbons (Fsp3) is 0.867. The Balaban J connectivity index is 1.70. The van der Waals surface area contributed by atoms with Crippen LogP contribution in [0.25, 0.3) is 0 Å². The smallest absolute Gasteiger partial charge is 0.409 e. The van der Waals surface area contributed by atoms with Gasteiger partial charge in [-0.1, -0.05) is 0 Å². The van der Waals surface area contributed by atoms with Gasteiger partial charge in [-0.15, -0.1) is 0 Å². The monoisotopic (exact) mass is 297 g/mol. The summed E-state index contributed by atoms with van der Waals surface area (Å²) in [6.45, 7) is 5.55. The van der Waals surface area contributed by atoms with Crippen molar-refractivity contribution >= 4 is 12.0 Å². The molecular weight excluding hydrogens is 270 g/mol. The number of hydrogen-bond acceptors (Lipinski definition) is 4. The fourth-order valence-electron chi connectivity index (χ4n) is 3.01. The Hall–Kier alpha value is -1.30. The fourth-order valence-corrected chi connectivity index (χ4v) is 3.01. The minimum absolute atomic E-state index is 0.157. The molecule has 21 heavy (non-hydrogen) atoms. The molecule has 0 radical (unpaired) electrons. The van der Waals surface area contributed by atoms with Crippen molar-refractivity contribution in [3.8, 4) is 0 Å². The van der Waals surface area contributed by atoms with Gasteiger partial charge >= 0.3 is 6.09 Å².